The van der Waals surface area contributed by atoms with Crippen molar-refractivity contribution in [1.29, 1.82) is 0 Å². The van der Waals surface area contributed by atoms with Crippen LogP contribution in [0.1, 0.15) is 5.69 Å². The maximum absolute atomic E-state index is 12.4. The van der Waals surface area contributed by atoms with Gasteiger partial charge in [0.2, 0.25) is 5.91 Å². The summed E-state index contributed by atoms with van der Waals surface area (Å²) >= 11 is 0. The number of hydrogen-bond acceptors (Lipinski definition) is 3. The van der Waals surface area contributed by atoms with Gasteiger partial charge in [-0.1, -0.05) is 18.2 Å². The van der Waals surface area contributed by atoms with Gasteiger partial charge in [0, 0.05) is 23.5 Å². The van der Waals surface area contributed by atoms with Crippen molar-refractivity contribution in [2.24, 2.45) is 0 Å². The number of para-hydroxylation sites is 1. The van der Waals surface area contributed by atoms with Crippen molar-refractivity contribution in [3.63, 3.8) is 0 Å². The summed E-state index contributed by atoms with van der Waals surface area (Å²) in [4.78, 5) is 16.6. The smallest absolute Gasteiger partial charge is 0.245 e. The number of nitrogens with one attached hydrogen (secondary N) is 1. The lowest BCUT2D eigenvalue weighted by Gasteiger charge is -2.10. The number of hydrogen-bond donors (Lipinski definition) is 1. The molecule has 114 valence electrons. The van der Waals surface area contributed by atoms with Crippen LogP contribution in [0.3, 0.4) is 0 Å². The van der Waals surface area contributed by atoms with E-state index in [-0.39, 0.29) is 12.5 Å². The molecule has 0 aliphatic heterocycles. The summed E-state index contributed by atoms with van der Waals surface area (Å²) < 4.78 is 3.62. The maximum atomic E-state index is 12.4. The number of carbonyl (C=O) groups excluding carboxylic acids is 1. The Morgan fingerprint density at radius 1 is 1.17 bits per heavy atom. The molecule has 0 spiro atoms. The van der Waals surface area contributed by atoms with Gasteiger partial charge in [0.15, 0.2) is 5.65 Å². The van der Waals surface area contributed by atoms with Crippen LogP contribution < -0.4 is 5.32 Å². The van der Waals surface area contributed by atoms with E-state index < -0.39 is 0 Å². The first-order valence-electron chi connectivity index (χ1n) is 7.36. The molecule has 3 heterocycles. The number of anilines is 1. The molecule has 0 aliphatic rings. The molecule has 0 radical (unpaired) electrons. The third-order valence-electron chi connectivity index (χ3n) is 3.88. The van der Waals surface area contributed by atoms with Gasteiger partial charge in [0.05, 0.1) is 6.20 Å². The van der Waals surface area contributed by atoms with Crippen molar-refractivity contribution in [3.05, 3.63) is 60.6 Å². The van der Waals surface area contributed by atoms with Crippen LogP contribution in [-0.4, -0.2) is 25.1 Å². The van der Waals surface area contributed by atoms with Crippen molar-refractivity contribution >= 4 is 28.3 Å². The largest absolute Gasteiger partial charge is 0.335 e. The summed E-state index contributed by atoms with van der Waals surface area (Å²) in [6.07, 6.45) is 3.31. The zero-order valence-corrected chi connectivity index (χ0v) is 12.6. The summed E-state index contributed by atoms with van der Waals surface area (Å²) in [7, 11) is 0. The van der Waals surface area contributed by atoms with Gasteiger partial charge in [-0.2, -0.15) is 9.61 Å². The lowest BCUT2D eigenvalue weighted by atomic mass is 10.2. The zero-order chi connectivity index (χ0) is 15.8. The van der Waals surface area contributed by atoms with Crippen molar-refractivity contribution < 1.29 is 4.79 Å². The first-order chi connectivity index (χ1) is 11.2. The van der Waals surface area contributed by atoms with E-state index in [1.165, 1.54) is 0 Å². The van der Waals surface area contributed by atoms with Crippen LogP contribution in [-0.2, 0) is 11.3 Å². The zero-order valence-electron chi connectivity index (χ0n) is 12.6. The van der Waals surface area contributed by atoms with E-state index >= 15 is 0 Å². The highest BCUT2D eigenvalue weighted by molar-refractivity contribution is 5.91. The first kappa shape index (κ1) is 13.5. The number of benzene rings is 1. The van der Waals surface area contributed by atoms with Crippen molar-refractivity contribution in [2.75, 3.05) is 5.32 Å². The fourth-order valence-electron chi connectivity index (χ4n) is 2.81. The molecule has 3 aromatic heterocycles. The number of carbonyl (C=O) groups is 1. The molecule has 6 nitrogen and oxygen atoms in total. The van der Waals surface area contributed by atoms with Gasteiger partial charge < -0.3 is 9.88 Å². The SMILES string of the molecule is Cc1cc2ccccc2n1CC(=O)Nc1ccnc2ccnn12. The number of aryl methyl sites for hydroxylation is 1. The molecule has 0 fully saturated rings. The quantitative estimate of drug-likeness (QED) is 0.633. The lowest BCUT2D eigenvalue weighted by molar-refractivity contribution is -0.116. The normalized spacial score (nSPS) is 11.2. The van der Waals surface area contributed by atoms with Crippen LogP contribution in [0.15, 0.2) is 54.9 Å². The van der Waals surface area contributed by atoms with E-state index in [0.717, 1.165) is 16.6 Å². The van der Waals surface area contributed by atoms with Crippen molar-refractivity contribution in [3.8, 4) is 0 Å². The fraction of sp³-hybridized carbons (Fsp3) is 0.118. The molecule has 4 rings (SSSR count). The maximum Gasteiger partial charge on any atom is 0.245 e. The first-order valence-corrected chi connectivity index (χ1v) is 7.36. The molecular formula is C17H15N5O. The molecule has 0 bridgehead atoms. The fourth-order valence-corrected chi connectivity index (χ4v) is 2.81. The van der Waals surface area contributed by atoms with Gasteiger partial charge in [0.1, 0.15) is 12.4 Å². The molecule has 0 saturated carbocycles. The van der Waals surface area contributed by atoms with E-state index in [1.54, 1.807) is 29.0 Å². The van der Waals surface area contributed by atoms with Crippen LogP contribution in [0, 0.1) is 6.92 Å². The molecule has 0 atom stereocenters. The average Bonchev–Trinajstić information content (AvgIpc) is 3.13. The highest BCUT2D eigenvalue weighted by Gasteiger charge is 2.11. The molecule has 0 unspecified atom stereocenters. The Labute approximate surface area is 132 Å². The van der Waals surface area contributed by atoms with Gasteiger partial charge >= 0.3 is 0 Å². The Balaban J connectivity index is 1.62. The van der Waals surface area contributed by atoms with Gasteiger partial charge in [0.25, 0.3) is 0 Å². The third kappa shape index (κ3) is 2.34. The minimum absolute atomic E-state index is 0.0996. The molecular weight excluding hydrogens is 290 g/mol. The average molecular weight is 305 g/mol. The van der Waals surface area contributed by atoms with Crippen LogP contribution in [0.4, 0.5) is 5.82 Å². The summed E-state index contributed by atoms with van der Waals surface area (Å²) in [5.74, 6) is 0.511. The topological polar surface area (TPSA) is 64.2 Å². The molecule has 1 amide bonds. The summed E-state index contributed by atoms with van der Waals surface area (Å²) in [5.41, 5.74) is 2.81. The van der Waals surface area contributed by atoms with Crippen LogP contribution in [0.5, 0.6) is 0 Å². The van der Waals surface area contributed by atoms with Gasteiger partial charge in [-0.15, -0.1) is 0 Å². The van der Waals surface area contributed by atoms with Crippen LogP contribution >= 0.6 is 0 Å². The molecule has 0 saturated heterocycles. The number of aromatic nitrogens is 4. The van der Waals surface area contributed by atoms with Gasteiger partial charge in [-0.3, -0.25) is 4.79 Å². The second kappa shape index (κ2) is 5.24. The highest BCUT2D eigenvalue weighted by atomic mass is 16.2. The lowest BCUT2D eigenvalue weighted by Crippen LogP contribution is -2.21. The van der Waals surface area contributed by atoms with Crippen LogP contribution in [0.2, 0.25) is 0 Å². The Hall–Kier alpha value is -3.15. The molecule has 23 heavy (non-hydrogen) atoms. The second-order valence-electron chi connectivity index (χ2n) is 5.41. The number of nitrogens with zero attached hydrogens (tertiary/aromatic N) is 4. The van der Waals surface area contributed by atoms with Crippen molar-refractivity contribution in [1.82, 2.24) is 19.2 Å². The highest BCUT2D eigenvalue weighted by Crippen LogP contribution is 2.19. The Kier molecular flexibility index (Phi) is 3.08. The predicted molar refractivity (Wildman–Crippen MR) is 88.3 cm³/mol. The number of rotatable bonds is 3. The minimum Gasteiger partial charge on any atom is -0.335 e. The molecule has 1 aromatic carbocycles. The molecule has 0 aliphatic carbocycles. The second-order valence-corrected chi connectivity index (χ2v) is 5.41. The van der Waals surface area contributed by atoms with Crippen LogP contribution in [0.25, 0.3) is 16.6 Å². The summed E-state index contributed by atoms with van der Waals surface area (Å²) in [6, 6.07) is 13.7. The monoisotopic (exact) mass is 305 g/mol. The Morgan fingerprint density at radius 3 is 2.96 bits per heavy atom. The standard InChI is InChI=1S/C17H15N5O/c1-12-10-13-4-2-3-5-14(13)21(12)11-17(23)20-16-6-8-18-15-7-9-19-22(15)16/h2-10H,11H2,1H3,(H,20,23). The Bertz CT molecular complexity index is 1010. The molecule has 6 heteroatoms. The van der Waals surface area contributed by atoms with Gasteiger partial charge in [-0.05, 0) is 30.5 Å². The van der Waals surface area contributed by atoms with E-state index in [1.807, 2.05) is 35.8 Å². The van der Waals surface area contributed by atoms with E-state index in [0.29, 0.717) is 11.5 Å². The summed E-state index contributed by atoms with van der Waals surface area (Å²) in [6.45, 7) is 2.26. The third-order valence-corrected chi connectivity index (χ3v) is 3.88. The van der Waals surface area contributed by atoms with Crippen molar-refractivity contribution in [2.45, 2.75) is 13.5 Å². The van der Waals surface area contributed by atoms with Gasteiger partial charge in [-0.25, -0.2) is 4.98 Å². The Morgan fingerprint density at radius 2 is 2.04 bits per heavy atom. The molecule has 1 N–H and O–H groups in total. The predicted octanol–water partition coefficient (Wildman–Crippen LogP) is 2.63. The minimum atomic E-state index is -0.0996. The van der Waals surface area contributed by atoms with E-state index in [2.05, 4.69) is 21.5 Å². The van der Waals surface area contributed by atoms with E-state index in [9.17, 15) is 4.79 Å². The number of fused-ring (bicyclic) bond motifs is 2. The summed E-state index contributed by atoms with van der Waals surface area (Å²) in [5, 5.41) is 8.21. The molecule has 4 aromatic rings. The van der Waals surface area contributed by atoms with E-state index in [4.69, 9.17) is 0 Å². The number of amides is 1.